The van der Waals surface area contributed by atoms with E-state index < -0.39 is 0 Å². The van der Waals surface area contributed by atoms with Crippen LogP contribution in [0.1, 0.15) is 5.56 Å². The van der Waals surface area contributed by atoms with E-state index in [2.05, 4.69) is 22.2 Å². The third kappa shape index (κ3) is 3.03. The largest absolute Gasteiger partial charge is 0.307 e. The first-order valence-electron chi connectivity index (χ1n) is 6.83. The van der Waals surface area contributed by atoms with Crippen molar-refractivity contribution in [3.63, 3.8) is 0 Å². The lowest BCUT2D eigenvalue weighted by Gasteiger charge is -2.36. The number of hydrogen-bond acceptors (Lipinski definition) is 3. The summed E-state index contributed by atoms with van der Waals surface area (Å²) in [5.74, 6) is -0.212. The van der Waals surface area contributed by atoms with Gasteiger partial charge in [-0.3, -0.25) is 4.98 Å². The Bertz CT molecular complexity index is 580. The van der Waals surface area contributed by atoms with Crippen molar-refractivity contribution in [1.82, 2.24) is 15.2 Å². The quantitative estimate of drug-likeness (QED) is 0.925. The highest BCUT2D eigenvalue weighted by Crippen LogP contribution is 2.20. The minimum atomic E-state index is -0.212. The van der Waals surface area contributed by atoms with Gasteiger partial charge in [-0.25, -0.2) is 4.39 Å². The SMILES string of the molecule is CN1CC(NCc2cc(F)cc(-c3ccccn3)c2)C1. The van der Waals surface area contributed by atoms with Crippen LogP contribution in [0.25, 0.3) is 11.3 Å². The van der Waals surface area contributed by atoms with Gasteiger partial charge in [-0.2, -0.15) is 0 Å². The van der Waals surface area contributed by atoms with E-state index in [0.717, 1.165) is 29.9 Å². The van der Waals surface area contributed by atoms with Gasteiger partial charge in [-0.15, -0.1) is 0 Å². The molecule has 1 aliphatic heterocycles. The molecule has 0 amide bonds. The first-order valence-corrected chi connectivity index (χ1v) is 6.83. The summed E-state index contributed by atoms with van der Waals surface area (Å²) in [6.45, 7) is 2.81. The molecule has 3 nitrogen and oxygen atoms in total. The molecule has 0 aliphatic carbocycles. The maximum absolute atomic E-state index is 13.7. The van der Waals surface area contributed by atoms with E-state index in [1.807, 2.05) is 24.3 Å². The zero-order chi connectivity index (χ0) is 13.9. The van der Waals surface area contributed by atoms with E-state index in [-0.39, 0.29) is 5.82 Å². The second kappa shape index (κ2) is 5.69. The molecule has 20 heavy (non-hydrogen) atoms. The number of halogens is 1. The lowest BCUT2D eigenvalue weighted by Crippen LogP contribution is -2.55. The molecule has 0 unspecified atom stereocenters. The summed E-state index contributed by atoms with van der Waals surface area (Å²) in [5.41, 5.74) is 2.59. The van der Waals surface area contributed by atoms with E-state index in [1.165, 1.54) is 6.07 Å². The maximum Gasteiger partial charge on any atom is 0.124 e. The summed E-state index contributed by atoms with van der Waals surface area (Å²) in [4.78, 5) is 6.52. The smallest absolute Gasteiger partial charge is 0.124 e. The summed E-state index contributed by atoms with van der Waals surface area (Å²) in [5, 5.41) is 3.44. The Balaban J connectivity index is 1.73. The Morgan fingerprint density at radius 3 is 2.85 bits per heavy atom. The minimum Gasteiger partial charge on any atom is -0.307 e. The average molecular weight is 271 g/mol. The van der Waals surface area contributed by atoms with Crippen LogP contribution >= 0.6 is 0 Å². The molecule has 0 saturated carbocycles. The first-order chi connectivity index (χ1) is 9.70. The fourth-order valence-electron chi connectivity index (χ4n) is 2.52. The van der Waals surface area contributed by atoms with Gasteiger partial charge in [0, 0.05) is 37.4 Å². The summed E-state index contributed by atoms with van der Waals surface area (Å²) >= 11 is 0. The fourth-order valence-corrected chi connectivity index (χ4v) is 2.52. The molecule has 0 bridgehead atoms. The Kier molecular flexibility index (Phi) is 3.76. The van der Waals surface area contributed by atoms with E-state index in [4.69, 9.17) is 0 Å². The normalized spacial score (nSPS) is 16.1. The van der Waals surface area contributed by atoms with Crippen LogP contribution in [0.15, 0.2) is 42.6 Å². The topological polar surface area (TPSA) is 28.2 Å². The molecule has 2 aromatic rings. The van der Waals surface area contributed by atoms with Crippen LogP contribution in [0.3, 0.4) is 0 Å². The molecule has 0 spiro atoms. The van der Waals surface area contributed by atoms with Crippen LogP contribution in [0.5, 0.6) is 0 Å². The maximum atomic E-state index is 13.7. The van der Waals surface area contributed by atoms with Gasteiger partial charge in [0.1, 0.15) is 5.82 Å². The van der Waals surface area contributed by atoms with E-state index in [9.17, 15) is 4.39 Å². The van der Waals surface area contributed by atoms with E-state index in [1.54, 1.807) is 12.3 Å². The predicted molar refractivity (Wildman–Crippen MR) is 77.8 cm³/mol. The van der Waals surface area contributed by atoms with Crippen LogP contribution < -0.4 is 5.32 Å². The zero-order valence-corrected chi connectivity index (χ0v) is 11.5. The highest BCUT2D eigenvalue weighted by Gasteiger charge is 2.22. The van der Waals surface area contributed by atoms with Crippen LogP contribution in [0.2, 0.25) is 0 Å². The monoisotopic (exact) mass is 271 g/mol. The van der Waals surface area contributed by atoms with Gasteiger partial charge in [-0.05, 0) is 42.9 Å². The van der Waals surface area contributed by atoms with Gasteiger partial charge >= 0.3 is 0 Å². The second-order valence-corrected chi connectivity index (χ2v) is 5.36. The second-order valence-electron chi connectivity index (χ2n) is 5.36. The molecule has 1 aliphatic rings. The Labute approximate surface area is 118 Å². The molecule has 2 heterocycles. The van der Waals surface area contributed by atoms with E-state index in [0.29, 0.717) is 12.6 Å². The van der Waals surface area contributed by atoms with Gasteiger partial charge < -0.3 is 10.2 Å². The summed E-state index contributed by atoms with van der Waals surface area (Å²) < 4.78 is 13.7. The van der Waals surface area contributed by atoms with E-state index >= 15 is 0 Å². The molecule has 0 radical (unpaired) electrons. The van der Waals surface area contributed by atoms with Crippen molar-refractivity contribution < 1.29 is 4.39 Å². The number of likely N-dealkylation sites (tertiary alicyclic amines) is 1. The summed E-state index contributed by atoms with van der Waals surface area (Å²) in [6, 6.07) is 11.3. The van der Waals surface area contributed by atoms with Crippen LogP contribution in [-0.2, 0) is 6.54 Å². The molecule has 1 N–H and O–H groups in total. The number of pyridine rings is 1. The molecule has 1 aromatic heterocycles. The van der Waals surface area contributed by atoms with Gasteiger partial charge in [0.2, 0.25) is 0 Å². The van der Waals surface area contributed by atoms with Crippen molar-refractivity contribution in [3.8, 4) is 11.3 Å². The lowest BCUT2D eigenvalue weighted by atomic mass is 10.1. The Morgan fingerprint density at radius 2 is 2.15 bits per heavy atom. The van der Waals surface area contributed by atoms with Gasteiger partial charge in [0.25, 0.3) is 0 Å². The number of nitrogens with one attached hydrogen (secondary N) is 1. The Morgan fingerprint density at radius 1 is 1.30 bits per heavy atom. The summed E-state index contributed by atoms with van der Waals surface area (Å²) in [7, 11) is 2.10. The standard InChI is InChI=1S/C16H18FN3/c1-20-10-15(11-20)19-9-12-6-13(8-14(17)7-12)16-4-2-3-5-18-16/h2-8,15,19H,9-11H2,1H3. The molecule has 104 valence electrons. The highest BCUT2D eigenvalue weighted by molar-refractivity contribution is 5.59. The fraction of sp³-hybridized carbons (Fsp3) is 0.312. The van der Waals surface area contributed by atoms with Crippen LogP contribution in [0, 0.1) is 5.82 Å². The zero-order valence-electron chi connectivity index (χ0n) is 11.5. The number of likely N-dealkylation sites (N-methyl/N-ethyl adjacent to an activating group) is 1. The summed E-state index contributed by atoms with van der Waals surface area (Å²) in [6.07, 6.45) is 1.72. The molecule has 1 fully saturated rings. The molecule has 4 heteroatoms. The van der Waals surface area contributed by atoms with Crippen molar-refractivity contribution in [2.75, 3.05) is 20.1 Å². The number of aromatic nitrogens is 1. The molecule has 1 saturated heterocycles. The predicted octanol–water partition coefficient (Wildman–Crippen LogP) is 2.29. The minimum absolute atomic E-state index is 0.212. The molecule has 3 rings (SSSR count). The molecule has 1 aromatic carbocycles. The van der Waals surface area contributed by atoms with Gasteiger partial charge in [0.15, 0.2) is 0 Å². The molecule has 0 atom stereocenters. The van der Waals surface area contributed by atoms with Crippen LogP contribution in [0.4, 0.5) is 4.39 Å². The van der Waals surface area contributed by atoms with Crippen molar-refractivity contribution >= 4 is 0 Å². The number of rotatable bonds is 4. The lowest BCUT2D eigenvalue weighted by molar-refractivity contribution is 0.161. The van der Waals surface area contributed by atoms with Crippen molar-refractivity contribution in [2.24, 2.45) is 0 Å². The van der Waals surface area contributed by atoms with Crippen molar-refractivity contribution in [3.05, 3.63) is 54.0 Å². The first kappa shape index (κ1) is 13.2. The van der Waals surface area contributed by atoms with Gasteiger partial charge in [-0.1, -0.05) is 6.07 Å². The Hall–Kier alpha value is -1.78. The van der Waals surface area contributed by atoms with Crippen molar-refractivity contribution in [1.29, 1.82) is 0 Å². The number of hydrogen-bond donors (Lipinski definition) is 1. The van der Waals surface area contributed by atoms with Crippen LogP contribution in [-0.4, -0.2) is 36.1 Å². The van der Waals surface area contributed by atoms with Crippen molar-refractivity contribution in [2.45, 2.75) is 12.6 Å². The average Bonchev–Trinajstić information content (AvgIpc) is 2.43. The molecular formula is C16H18FN3. The number of nitrogens with zero attached hydrogens (tertiary/aromatic N) is 2. The van der Waals surface area contributed by atoms with Gasteiger partial charge in [0.05, 0.1) is 5.69 Å². The molecular weight excluding hydrogens is 253 g/mol. The highest BCUT2D eigenvalue weighted by atomic mass is 19.1. The third-order valence-electron chi connectivity index (χ3n) is 3.58. The number of benzene rings is 1. The third-order valence-corrected chi connectivity index (χ3v) is 3.58.